The molecular weight excluding hydrogens is 426 g/mol. The summed E-state index contributed by atoms with van der Waals surface area (Å²) in [6.45, 7) is 5.94. The molecule has 1 unspecified atom stereocenters. The molecule has 7 nitrogen and oxygen atoms in total. The molecule has 9 heteroatoms. The zero-order valence-corrected chi connectivity index (χ0v) is 18.8. The molecular formula is C21H26ClN3O4S. The quantitative estimate of drug-likeness (QED) is 0.612. The molecule has 0 bridgehead atoms. The second kappa shape index (κ2) is 10.6. The van der Waals surface area contributed by atoms with Crippen LogP contribution in [0, 0.1) is 0 Å². The zero-order valence-electron chi connectivity index (χ0n) is 17.2. The maximum atomic E-state index is 12.5. The van der Waals surface area contributed by atoms with Gasteiger partial charge in [0.05, 0.1) is 28.1 Å². The van der Waals surface area contributed by atoms with E-state index in [0.29, 0.717) is 23.7 Å². The number of hydrogen-bond donors (Lipinski definition) is 2. The van der Waals surface area contributed by atoms with Crippen LogP contribution in [0.15, 0.2) is 53.4 Å². The van der Waals surface area contributed by atoms with Gasteiger partial charge in [-0.3, -0.25) is 9.59 Å². The van der Waals surface area contributed by atoms with E-state index in [1.165, 1.54) is 16.4 Å². The van der Waals surface area contributed by atoms with Crippen LogP contribution in [0.4, 0.5) is 0 Å². The molecule has 0 radical (unpaired) electrons. The van der Waals surface area contributed by atoms with Crippen LogP contribution >= 0.6 is 11.6 Å². The Bertz CT molecular complexity index is 990. The Kier molecular flexibility index (Phi) is 8.40. The summed E-state index contributed by atoms with van der Waals surface area (Å²) in [5, 5.41) is 5.61. The van der Waals surface area contributed by atoms with Crippen molar-refractivity contribution >= 4 is 33.4 Å². The minimum absolute atomic E-state index is 0.206. The number of benzene rings is 2. The summed E-state index contributed by atoms with van der Waals surface area (Å²) in [4.78, 5) is 24.5. The number of hydrogen-bond acceptors (Lipinski definition) is 4. The van der Waals surface area contributed by atoms with Gasteiger partial charge in [0.2, 0.25) is 15.9 Å². The summed E-state index contributed by atoms with van der Waals surface area (Å²) >= 11 is 5.97. The van der Waals surface area contributed by atoms with Gasteiger partial charge in [-0.25, -0.2) is 8.42 Å². The van der Waals surface area contributed by atoms with Gasteiger partial charge in [-0.1, -0.05) is 49.7 Å². The number of carbonyl (C=O) groups is 2. The molecule has 0 spiro atoms. The third-order valence-electron chi connectivity index (χ3n) is 4.63. The van der Waals surface area contributed by atoms with E-state index in [0.717, 1.165) is 5.56 Å². The van der Waals surface area contributed by atoms with Crippen LogP contribution in [0.25, 0.3) is 0 Å². The normalized spacial score (nSPS) is 12.4. The Morgan fingerprint density at radius 2 is 1.63 bits per heavy atom. The van der Waals surface area contributed by atoms with E-state index >= 15 is 0 Å². The van der Waals surface area contributed by atoms with Crippen LogP contribution in [-0.2, 0) is 14.8 Å². The maximum absolute atomic E-state index is 12.5. The first-order chi connectivity index (χ1) is 14.2. The lowest BCUT2D eigenvalue weighted by Gasteiger charge is -2.19. The van der Waals surface area contributed by atoms with Crippen molar-refractivity contribution in [1.29, 1.82) is 0 Å². The molecule has 0 heterocycles. The van der Waals surface area contributed by atoms with Gasteiger partial charge < -0.3 is 10.6 Å². The Morgan fingerprint density at radius 1 is 1.03 bits per heavy atom. The molecule has 2 rings (SSSR count). The van der Waals surface area contributed by atoms with E-state index in [1.54, 1.807) is 57.2 Å². The fourth-order valence-electron chi connectivity index (χ4n) is 2.92. The molecule has 0 saturated heterocycles. The molecule has 0 fully saturated rings. The Morgan fingerprint density at radius 3 is 2.20 bits per heavy atom. The Labute approximate surface area is 182 Å². The topological polar surface area (TPSA) is 95.6 Å². The first kappa shape index (κ1) is 23.9. The molecule has 0 aliphatic carbocycles. The highest BCUT2D eigenvalue weighted by atomic mass is 35.5. The summed E-state index contributed by atoms with van der Waals surface area (Å²) in [5.74, 6) is -0.808. The Hall–Kier alpha value is -2.42. The molecule has 1 atom stereocenters. The van der Waals surface area contributed by atoms with E-state index in [-0.39, 0.29) is 23.4 Å². The van der Waals surface area contributed by atoms with Gasteiger partial charge in [0.1, 0.15) is 0 Å². The minimum Gasteiger partial charge on any atom is -0.348 e. The van der Waals surface area contributed by atoms with Crippen molar-refractivity contribution in [3.8, 4) is 0 Å². The van der Waals surface area contributed by atoms with E-state index in [1.807, 2.05) is 0 Å². The summed E-state index contributed by atoms with van der Waals surface area (Å²) in [7, 11) is -3.53. The standard InChI is InChI=1S/C21H26ClN3O4S/c1-4-25(5-2)30(28,29)17-12-10-16(11-13-17)15(3)24-20(26)14-23-21(27)18-8-6-7-9-19(18)22/h6-13,15H,4-5,14H2,1-3H3,(H,23,27)(H,24,26). The number of rotatable bonds is 9. The van der Waals surface area contributed by atoms with E-state index in [2.05, 4.69) is 10.6 Å². The van der Waals surface area contributed by atoms with E-state index in [9.17, 15) is 18.0 Å². The summed E-state index contributed by atoms with van der Waals surface area (Å²) in [6.07, 6.45) is 0. The van der Waals surface area contributed by atoms with Crippen LogP contribution in [0.1, 0.15) is 42.7 Å². The van der Waals surface area contributed by atoms with Gasteiger partial charge in [0, 0.05) is 13.1 Å². The molecule has 2 amide bonds. The van der Waals surface area contributed by atoms with Gasteiger partial charge in [0.25, 0.3) is 5.91 Å². The average Bonchev–Trinajstić information content (AvgIpc) is 2.73. The van der Waals surface area contributed by atoms with Gasteiger partial charge in [-0.05, 0) is 36.8 Å². The largest absolute Gasteiger partial charge is 0.348 e. The molecule has 0 aromatic heterocycles. The third kappa shape index (κ3) is 5.81. The highest BCUT2D eigenvalue weighted by molar-refractivity contribution is 7.89. The zero-order chi connectivity index (χ0) is 22.3. The highest BCUT2D eigenvalue weighted by Crippen LogP contribution is 2.19. The molecule has 2 aromatic rings. The smallest absolute Gasteiger partial charge is 0.253 e. The fraction of sp³-hybridized carbons (Fsp3) is 0.333. The minimum atomic E-state index is -3.53. The maximum Gasteiger partial charge on any atom is 0.253 e. The monoisotopic (exact) mass is 451 g/mol. The second-order valence-electron chi connectivity index (χ2n) is 6.61. The van der Waals surface area contributed by atoms with Gasteiger partial charge in [-0.2, -0.15) is 4.31 Å². The van der Waals surface area contributed by atoms with Crippen molar-refractivity contribution in [2.75, 3.05) is 19.6 Å². The van der Waals surface area contributed by atoms with Crippen molar-refractivity contribution in [3.05, 3.63) is 64.7 Å². The molecule has 0 saturated carbocycles. The van der Waals surface area contributed by atoms with Crippen LogP contribution < -0.4 is 10.6 Å². The first-order valence-corrected chi connectivity index (χ1v) is 11.4. The van der Waals surface area contributed by atoms with E-state index < -0.39 is 15.9 Å². The number of sulfonamides is 1. The van der Waals surface area contributed by atoms with Crippen molar-refractivity contribution in [2.24, 2.45) is 0 Å². The number of halogens is 1. The fourth-order valence-corrected chi connectivity index (χ4v) is 4.60. The van der Waals surface area contributed by atoms with Crippen LogP contribution in [0.2, 0.25) is 5.02 Å². The molecule has 0 aliphatic heterocycles. The van der Waals surface area contributed by atoms with Crippen molar-refractivity contribution in [2.45, 2.75) is 31.7 Å². The van der Waals surface area contributed by atoms with Gasteiger partial charge in [-0.15, -0.1) is 0 Å². The molecule has 30 heavy (non-hydrogen) atoms. The third-order valence-corrected chi connectivity index (χ3v) is 7.02. The molecule has 2 N–H and O–H groups in total. The first-order valence-electron chi connectivity index (χ1n) is 9.62. The summed E-state index contributed by atoms with van der Waals surface area (Å²) < 4.78 is 26.5. The lowest BCUT2D eigenvalue weighted by molar-refractivity contribution is -0.120. The van der Waals surface area contributed by atoms with Crippen LogP contribution in [-0.4, -0.2) is 44.2 Å². The molecule has 0 aliphatic rings. The van der Waals surface area contributed by atoms with Crippen LogP contribution in [0.5, 0.6) is 0 Å². The predicted molar refractivity (Wildman–Crippen MR) is 117 cm³/mol. The summed E-state index contributed by atoms with van der Waals surface area (Å²) in [6, 6.07) is 12.6. The highest BCUT2D eigenvalue weighted by Gasteiger charge is 2.21. The predicted octanol–water partition coefficient (Wildman–Crippen LogP) is 2.98. The molecule has 162 valence electrons. The van der Waals surface area contributed by atoms with E-state index in [4.69, 9.17) is 11.6 Å². The summed E-state index contributed by atoms with van der Waals surface area (Å²) in [5.41, 5.74) is 1.05. The van der Waals surface area contributed by atoms with Gasteiger partial charge >= 0.3 is 0 Å². The van der Waals surface area contributed by atoms with Crippen LogP contribution in [0.3, 0.4) is 0 Å². The van der Waals surface area contributed by atoms with Crippen molar-refractivity contribution < 1.29 is 18.0 Å². The molecule has 2 aromatic carbocycles. The van der Waals surface area contributed by atoms with Gasteiger partial charge in [0.15, 0.2) is 0 Å². The number of carbonyl (C=O) groups excluding carboxylic acids is 2. The second-order valence-corrected chi connectivity index (χ2v) is 8.96. The van der Waals surface area contributed by atoms with Crippen molar-refractivity contribution in [3.63, 3.8) is 0 Å². The number of nitrogens with zero attached hydrogens (tertiary/aromatic N) is 1. The Balaban J connectivity index is 1.96. The lowest BCUT2D eigenvalue weighted by Crippen LogP contribution is -2.38. The number of amides is 2. The van der Waals surface area contributed by atoms with Crippen molar-refractivity contribution in [1.82, 2.24) is 14.9 Å². The number of nitrogens with one attached hydrogen (secondary N) is 2. The SMILES string of the molecule is CCN(CC)S(=O)(=O)c1ccc(C(C)NC(=O)CNC(=O)c2ccccc2Cl)cc1. The average molecular weight is 452 g/mol. The lowest BCUT2D eigenvalue weighted by atomic mass is 10.1.